The molecule has 7 nitrogen and oxygen atoms in total. The number of aromatic hydroxyl groups is 1. The lowest BCUT2D eigenvalue weighted by atomic mass is 10.1. The van der Waals surface area contributed by atoms with Crippen molar-refractivity contribution in [3.8, 4) is 17.4 Å². The maximum Gasteiger partial charge on any atom is 0.196 e. The summed E-state index contributed by atoms with van der Waals surface area (Å²) in [4.78, 5) is 7.02. The van der Waals surface area contributed by atoms with E-state index < -0.39 is 0 Å². The van der Waals surface area contributed by atoms with E-state index in [1.165, 1.54) is 0 Å². The minimum atomic E-state index is 0.0740. The van der Waals surface area contributed by atoms with Crippen LogP contribution in [0.5, 0.6) is 17.4 Å². The largest absolute Gasteiger partial charge is 0.494 e. The second-order valence-electron chi connectivity index (χ2n) is 7.26. The molecule has 5 rings (SSSR count). The standard InChI is InChI=1S/C25H20N4O3/c1-31-23-13-18-19(25(30)27-21(18)14-24(23)32-2)11-16-3-5-17-20(28-29-22(17)12-16)6-4-15-7-9-26-10-8-15/h3-14,27,30H,1-2H3/b6-4+,16-11+. The number of ether oxygens (including phenoxy) is 2. The topological polar surface area (TPSA) is 92.1 Å². The number of pyridine rings is 1. The van der Waals surface area contributed by atoms with E-state index in [2.05, 4.69) is 20.2 Å². The summed E-state index contributed by atoms with van der Waals surface area (Å²) >= 11 is 0. The Labute approximate surface area is 183 Å². The van der Waals surface area contributed by atoms with E-state index in [4.69, 9.17) is 9.47 Å². The average Bonchev–Trinajstić information content (AvgIpc) is 3.37. The Balaban J connectivity index is 1.56. The van der Waals surface area contributed by atoms with Gasteiger partial charge in [0, 0.05) is 34.6 Å². The molecule has 4 aromatic rings. The van der Waals surface area contributed by atoms with E-state index in [1.54, 1.807) is 32.7 Å². The number of H-pyrrole nitrogens is 1. The van der Waals surface area contributed by atoms with Crippen molar-refractivity contribution in [3.05, 3.63) is 82.5 Å². The fraction of sp³-hybridized carbons (Fsp3) is 0.0800. The van der Waals surface area contributed by atoms with E-state index in [9.17, 15) is 5.11 Å². The van der Waals surface area contributed by atoms with E-state index in [1.807, 2.05) is 54.6 Å². The fourth-order valence-electron chi connectivity index (χ4n) is 3.71. The molecule has 158 valence electrons. The number of methoxy groups -OCH3 is 2. The Kier molecular flexibility index (Phi) is 4.91. The molecule has 0 radical (unpaired) electrons. The van der Waals surface area contributed by atoms with Gasteiger partial charge in [0.25, 0.3) is 0 Å². The van der Waals surface area contributed by atoms with Crippen LogP contribution in [0.25, 0.3) is 28.8 Å². The van der Waals surface area contributed by atoms with E-state index in [0.29, 0.717) is 17.1 Å². The maximum absolute atomic E-state index is 10.5. The molecule has 0 bridgehead atoms. The van der Waals surface area contributed by atoms with Gasteiger partial charge in [-0.3, -0.25) is 4.98 Å². The Morgan fingerprint density at radius 2 is 1.69 bits per heavy atom. The molecule has 0 fully saturated rings. The summed E-state index contributed by atoms with van der Waals surface area (Å²) < 4.78 is 10.8. The minimum absolute atomic E-state index is 0.0740. The van der Waals surface area contributed by atoms with Crippen LogP contribution in [0.15, 0.2) is 71.2 Å². The lowest BCUT2D eigenvalue weighted by molar-refractivity contribution is 0.356. The number of nitrogens with one attached hydrogen (secondary N) is 1. The van der Waals surface area contributed by atoms with Crippen LogP contribution in [-0.2, 0) is 0 Å². The molecule has 2 aromatic heterocycles. The predicted octanol–water partition coefficient (Wildman–Crippen LogP) is 4.03. The highest BCUT2D eigenvalue weighted by molar-refractivity contribution is 5.94. The van der Waals surface area contributed by atoms with Crippen LogP contribution in [0.2, 0.25) is 0 Å². The molecule has 0 unspecified atom stereocenters. The lowest BCUT2D eigenvalue weighted by Gasteiger charge is -2.07. The quantitative estimate of drug-likeness (QED) is 0.506. The van der Waals surface area contributed by atoms with Crippen molar-refractivity contribution in [2.45, 2.75) is 0 Å². The Hall–Kier alpha value is -4.39. The van der Waals surface area contributed by atoms with Gasteiger partial charge in [0.2, 0.25) is 0 Å². The van der Waals surface area contributed by atoms with Crippen LogP contribution >= 0.6 is 0 Å². The van der Waals surface area contributed by atoms with Gasteiger partial charge in [-0.05, 0) is 53.3 Å². The third kappa shape index (κ3) is 3.50. The zero-order chi connectivity index (χ0) is 22.1. The van der Waals surface area contributed by atoms with Gasteiger partial charge in [-0.15, -0.1) is 10.2 Å². The number of fused-ring (bicyclic) bond motifs is 2. The number of rotatable bonds is 5. The molecule has 1 aliphatic rings. The number of azo groups is 1. The number of aromatic nitrogens is 2. The number of hydrogen-bond acceptors (Lipinski definition) is 6. The maximum atomic E-state index is 10.5. The summed E-state index contributed by atoms with van der Waals surface area (Å²) in [6, 6.07) is 13.4. The van der Waals surface area contributed by atoms with Crippen LogP contribution in [0.4, 0.5) is 5.69 Å². The van der Waals surface area contributed by atoms with Crippen molar-refractivity contribution in [3.63, 3.8) is 0 Å². The van der Waals surface area contributed by atoms with E-state index in [0.717, 1.165) is 38.3 Å². The highest BCUT2D eigenvalue weighted by Crippen LogP contribution is 2.36. The van der Waals surface area contributed by atoms with Crippen LogP contribution in [-0.4, -0.2) is 29.3 Å². The zero-order valence-corrected chi connectivity index (χ0v) is 17.5. The molecule has 7 heteroatoms. The number of benzene rings is 2. The molecular formula is C25H20N4O3. The van der Waals surface area contributed by atoms with Gasteiger partial charge in [0.05, 0.1) is 31.1 Å². The molecule has 0 atom stereocenters. The van der Waals surface area contributed by atoms with Crippen molar-refractivity contribution in [2.75, 3.05) is 14.2 Å². The summed E-state index contributed by atoms with van der Waals surface area (Å²) in [5.41, 5.74) is 4.05. The molecule has 0 spiro atoms. The molecule has 2 aromatic carbocycles. The normalized spacial score (nSPS) is 13.3. The monoisotopic (exact) mass is 424 g/mol. The third-order valence-corrected chi connectivity index (χ3v) is 5.34. The number of hydrogen-bond donors (Lipinski definition) is 2. The fourth-order valence-corrected chi connectivity index (χ4v) is 3.71. The van der Waals surface area contributed by atoms with Gasteiger partial charge in [-0.2, -0.15) is 0 Å². The average molecular weight is 424 g/mol. The Bertz CT molecular complexity index is 1500. The van der Waals surface area contributed by atoms with E-state index >= 15 is 0 Å². The van der Waals surface area contributed by atoms with Gasteiger partial charge >= 0.3 is 0 Å². The van der Waals surface area contributed by atoms with Crippen molar-refractivity contribution in [1.82, 2.24) is 9.97 Å². The second kappa shape index (κ2) is 8.03. The zero-order valence-electron chi connectivity index (χ0n) is 17.5. The molecule has 0 aliphatic carbocycles. The summed E-state index contributed by atoms with van der Waals surface area (Å²) in [5, 5.41) is 21.8. The first-order valence-corrected chi connectivity index (χ1v) is 9.99. The van der Waals surface area contributed by atoms with Crippen molar-refractivity contribution >= 4 is 34.4 Å². The first kappa shape index (κ1) is 19.6. The van der Waals surface area contributed by atoms with Crippen LogP contribution < -0.4 is 19.9 Å². The van der Waals surface area contributed by atoms with Gasteiger partial charge in [0.1, 0.15) is 0 Å². The molecular weight excluding hydrogens is 404 g/mol. The summed E-state index contributed by atoms with van der Waals surface area (Å²) in [6.45, 7) is 0. The van der Waals surface area contributed by atoms with Gasteiger partial charge in [-0.25, -0.2) is 0 Å². The Morgan fingerprint density at radius 1 is 0.906 bits per heavy atom. The molecule has 0 saturated carbocycles. The molecule has 3 heterocycles. The van der Waals surface area contributed by atoms with Crippen molar-refractivity contribution < 1.29 is 14.6 Å². The first-order chi connectivity index (χ1) is 15.7. The molecule has 0 amide bonds. The van der Waals surface area contributed by atoms with Gasteiger partial charge in [-0.1, -0.05) is 12.1 Å². The van der Waals surface area contributed by atoms with Gasteiger partial charge < -0.3 is 19.6 Å². The van der Waals surface area contributed by atoms with Crippen LogP contribution in [0.3, 0.4) is 0 Å². The first-order valence-electron chi connectivity index (χ1n) is 9.99. The highest BCUT2D eigenvalue weighted by atomic mass is 16.5. The smallest absolute Gasteiger partial charge is 0.196 e. The van der Waals surface area contributed by atoms with E-state index in [-0.39, 0.29) is 5.88 Å². The molecule has 2 N–H and O–H groups in total. The van der Waals surface area contributed by atoms with Crippen molar-refractivity contribution in [1.29, 1.82) is 0 Å². The molecule has 1 aliphatic heterocycles. The highest BCUT2D eigenvalue weighted by Gasteiger charge is 2.14. The SMILES string of the molecule is COc1cc2[nH]c(O)c(/C=c3\ccc4c(c3)N=NC=4/C=C/c3ccncc3)c2cc1OC. The molecule has 0 saturated heterocycles. The summed E-state index contributed by atoms with van der Waals surface area (Å²) in [5.74, 6) is 1.26. The third-order valence-electron chi connectivity index (χ3n) is 5.34. The lowest BCUT2D eigenvalue weighted by Crippen LogP contribution is -2.08. The minimum Gasteiger partial charge on any atom is -0.494 e. The molecule has 32 heavy (non-hydrogen) atoms. The predicted molar refractivity (Wildman–Crippen MR) is 124 cm³/mol. The second-order valence-corrected chi connectivity index (χ2v) is 7.26. The van der Waals surface area contributed by atoms with Crippen LogP contribution in [0.1, 0.15) is 11.1 Å². The van der Waals surface area contributed by atoms with Crippen LogP contribution in [0, 0.1) is 0 Å². The number of nitrogens with zero attached hydrogens (tertiary/aromatic N) is 3. The van der Waals surface area contributed by atoms with Crippen molar-refractivity contribution in [2.24, 2.45) is 10.2 Å². The Morgan fingerprint density at radius 3 is 2.47 bits per heavy atom. The summed E-state index contributed by atoms with van der Waals surface area (Å²) in [7, 11) is 3.17. The number of aromatic amines is 1. The summed E-state index contributed by atoms with van der Waals surface area (Å²) in [6.07, 6.45) is 9.33. The van der Waals surface area contributed by atoms with Gasteiger partial charge in [0.15, 0.2) is 17.4 Å².